The van der Waals surface area contributed by atoms with Gasteiger partial charge in [-0.15, -0.1) is 11.8 Å². The van der Waals surface area contributed by atoms with E-state index in [9.17, 15) is 4.79 Å². The summed E-state index contributed by atoms with van der Waals surface area (Å²) in [6, 6.07) is 0. The van der Waals surface area contributed by atoms with Crippen LogP contribution in [0.3, 0.4) is 0 Å². The van der Waals surface area contributed by atoms with Gasteiger partial charge in [0.2, 0.25) is 5.91 Å². The Morgan fingerprint density at radius 1 is 1.64 bits per heavy atom. The van der Waals surface area contributed by atoms with Crippen LogP contribution in [0.4, 0.5) is 0 Å². The van der Waals surface area contributed by atoms with Gasteiger partial charge < -0.3 is 0 Å². The zero-order valence-corrected chi connectivity index (χ0v) is 7.99. The molecule has 0 radical (unpaired) electrons. The molecule has 0 aromatic heterocycles. The molecule has 0 fully saturated rings. The molecule has 1 amide bonds. The topological polar surface area (TPSA) is 29.4 Å². The lowest BCUT2D eigenvalue weighted by molar-refractivity contribution is -0.118. The van der Waals surface area contributed by atoms with Crippen LogP contribution >= 0.6 is 11.8 Å². The Morgan fingerprint density at radius 2 is 2.27 bits per heavy atom. The Kier molecular flexibility index (Phi) is 2.37. The third-order valence-electron chi connectivity index (χ3n) is 1.52. The van der Waals surface area contributed by atoms with E-state index in [4.69, 9.17) is 0 Å². The molecule has 0 aromatic rings. The van der Waals surface area contributed by atoms with Crippen molar-refractivity contribution in [1.82, 2.24) is 0 Å². The number of rotatable bonds is 1. The van der Waals surface area contributed by atoms with Gasteiger partial charge in [-0.25, -0.2) is 4.99 Å². The van der Waals surface area contributed by atoms with Crippen molar-refractivity contribution in [3.05, 3.63) is 0 Å². The van der Waals surface area contributed by atoms with Gasteiger partial charge in [-0.1, -0.05) is 6.92 Å². The zero-order chi connectivity index (χ0) is 8.48. The molecule has 1 aliphatic heterocycles. The van der Waals surface area contributed by atoms with E-state index in [2.05, 4.69) is 18.8 Å². The highest BCUT2D eigenvalue weighted by Crippen LogP contribution is 2.34. The number of thioether (sulfide) groups is 1. The van der Waals surface area contributed by atoms with Crippen molar-refractivity contribution in [2.75, 3.05) is 0 Å². The van der Waals surface area contributed by atoms with E-state index >= 15 is 0 Å². The molecular formula is C8H13NOS. The molecule has 62 valence electrons. The molecule has 0 spiro atoms. The van der Waals surface area contributed by atoms with Crippen LogP contribution in [-0.2, 0) is 4.79 Å². The first-order chi connectivity index (χ1) is 5.03. The SMILES string of the molecule is CCC1=NC(=O)CC(C)(C)S1. The van der Waals surface area contributed by atoms with Gasteiger partial charge in [0.1, 0.15) is 0 Å². The number of hydrogen-bond acceptors (Lipinski definition) is 2. The number of carbonyl (C=O) groups is 1. The van der Waals surface area contributed by atoms with Crippen LogP contribution in [-0.4, -0.2) is 15.7 Å². The molecule has 0 atom stereocenters. The molecular weight excluding hydrogens is 158 g/mol. The van der Waals surface area contributed by atoms with Crippen molar-refractivity contribution < 1.29 is 4.79 Å². The first kappa shape index (κ1) is 8.78. The van der Waals surface area contributed by atoms with E-state index in [0.717, 1.165) is 11.5 Å². The summed E-state index contributed by atoms with van der Waals surface area (Å²) in [6.07, 6.45) is 1.45. The summed E-state index contributed by atoms with van der Waals surface area (Å²) in [5, 5.41) is 0.978. The lowest BCUT2D eigenvalue weighted by atomic mass is 10.1. The van der Waals surface area contributed by atoms with Crippen LogP contribution in [0.15, 0.2) is 4.99 Å². The van der Waals surface area contributed by atoms with Gasteiger partial charge in [0, 0.05) is 11.2 Å². The van der Waals surface area contributed by atoms with E-state index in [-0.39, 0.29) is 10.7 Å². The van der Waals surface area contributed by atoms with Crippen LogP contribution in [0.2, 0.25) is 0 Å². The lowest BCUT2D eigenvalue weighted by Gasteiger charge is -2.26. The van der Waals surface area contributed by atoms with Crippen molar-refractivity contribution in [1.29, 1.82) is 0 Å². The predicted octanol–water partition coefficient (Wildman–Crippen LogP) is 2.24. The number of hydrogen-bond donors (Lipinski definition) is 0. The van der Waals surface area contributed by atoms with Crippen LogP contribution in [0, 0.1) is 0 Å². The third kappa shape index (κ3) is 2.33. The number of carbonyl (C=O) groups excluding carboxylic acids is 1. The van der Waals surface area contributed by atoms with Crippen LogP contribution in [0.5, 0.6) is 0 Å². The smallest absolute Gasteiger partial charge is 0.247 e. The normalized spacial score (nSPS) is 23.2. The van der Waals surface area contributed by atoms with Crippen LogP contribution in [0.25, 0.3) is 0 Å². The van der Waals surface area contributed by atoms with Crippen LogP contribution < -0.4 is 0 Å². The predicted molar refractivity (Wildman–Crippen MR) is 49.0 cm³/mol. The third-order valence-corrected chi connectivity index (χ3v) is 2.84. The molecule has 3 heteroatoms. The molecule has 0 unspecified atom stereocenters. The van der Waals surface area contributed by atoms with Crippen molar-refractivity contribution in [3.63, 3.8) is 0 Å². The van der Waals surface area contributed by atoms with Gasteiger partial charge in [-0.2, -0.15) is 0 Å². The first-order valence-corrected chi connectivity index (χ1v) is 4.64. The Labute approximate surface area is 71.5 Å². The Bertz CT molecular complexity index is 208. The highest BCUT2D eigenvalue weighted by Gasteiger charge is 2.28. The molecule has 0 saturated heterocycles. The molecule has 0 saturated carbocycles. The second-order valence-corrected chi connectivity index (χ2v) is 5.07. The van der Waals surface area contributed by atoms with E-state index in [1.54, 1.807) is 11.8 Å². The molecule has 0 aromatic carbocycles. The highest BCUT2D eigenvalue weighted by atomic mass is 32.2. The maximum absolute atomic E-state index is 11.0. The molecule has 0 aliphatic carbocycles. The largest absolute Gasteiger partial charge is 0.273 e. The maximum atomic E-state index is 11.0. The quantitative estimate of drug-likeness (QED) is 0.605. The van der Waals surface area contributed by atoms with Gasteiger partial charge in [0.15, 0.2) is 0 Å². The summed E-state index contributed by atoms with van der Waals surface area (Å²) in [4.78, 5) is 15.0. The molecule has 2 nitrogen and oxygen atoms in total. The molecule has 1 aliphatic rings. The number of amides is 1. The lowest BCUT2D eigenvalue weighted by Crippen LogP contribution is -2.26. The van der Waals surface area contributed by atoms with Crippen molar-refractivity contribution >= 4 is 22.7 Å². The first-order valence-electron chi connectivity index (χ1n) is 3.83. The van der Waals surface area contributed by atoms with Gasteiger partial charge in [-0.3, -0.25) is 4.79 Å². The number of nitrogens with zero attached hydrogens (tertiary/aromatic N) is 1. The summed E-state index contributed by atoms with van der Waals surface area (Å²) in [6.45, 7) is 6.19. The highest BCUT2D eigenvalue weighted by molar-refractivity contribution is 8.15. The number of aliphatic imine (C=N–C) groups is 1. The summed E-state index contributed by atoms with van der Waals surface area (Å²) in [5.74, 6) is 0.0330. The summed E-state index contributed by atoms with van der Waals surface area (Å²) >= 11 is 1.72. The van der Waals surface area contributed by atoms with E-state index in [1.807, 2.05) is 6.92 Å². The fourth-order valence-electron chi connectivity index (χ4n) is 1.07. The standard InChI is InChI=1S/C8H13NOS/c1-4-7-9-6(10)5-8(2,3)11-7/h4-5H2,1-3H3. The fourth-order valence-corrected chi connectivity index (χ4v) is 2.20. The van der Waals surface area contributed by atoms with Crippen molar-refractivity contribution in [2.24, 2.45) is 4.99 Å². The Hall–Kier alpha value is -0.310. The minimum atomic E-state index is 0.0330. The molecule has 1 heterocycles. The minimum Gasteiger partial charge on any atom is -0.273 e. The van der Waals surface area contributed by atoms with Gasteiger partial charge in [0.25, 0.3) is 0 Å². The van der Waals surface area contributed by atoms with E-state index in [1.165, 1.54) is 0 Å². The van der Waals surface area contributed by atoms with Crippen LogP contribution in [0.1, 0.15) is 33.6 Å². The molecule has 0 N–H and O–H groups in total. The monoisotopic (exact) mass is 171 g/mol. The van der Waals surface area contributed by atoms with Gasteiger partial charge in [0.05, 0.1) is 5.04 Å². The second kappa shape index (κ2) is 2.97. The molecule has 0 bridgehead atoms. The Morgan fingerprint density at radius 3 is 2.73 bits per heavy atom. The van der Waals surface area contributed by atoms with Gasteiger partial charge in [-0.05, 0) is 20.3 Å². The zero-order valence-electron chi connectivity index (χ0n) is 7.18. The summed E-state index contributed by atoms with van der Waals surface area (Å²) in [7, 11) is 0. The Balaban J connectivity index is 2.78. The van der Waals surface area contributed by atoms with Crippen molar-refractivity contribution in [2.45, 2.75) is 38.4 Å². The summed E-state index contributed by atoms with van der Waals surface area (Å²) in [5.41, 5.74) is 0. The van der Waals surface area contributed by atoms with E-state index < -0.39 is 0 Å². The van der Waals surface area contributed by atoms with E-state index in [0.29, 0.717) is 6.42 Å². The molecule has 1 rings (SSSR count). The second-order valence-electron chi connectivity index (χ2n) is 3.29. The summed E-state index contributed by atoms with van der Waals surface area (Å²) < 4.78 is 0.0597. The molecule has 11 heavy (non-hydrogen) atoms. The maximum Gasteiger partial charge on any atom is 0.247 e. The van der Waals surface area contributed by atoms with Crippen molar-refractivity contribution in [3.8, 4) is 0 Å². The minimum absolute atomic E-state index is 0.0330. The average molecular weight is 171 g/mol. The van der Waals surface area contributed by atoms with Gasteiger partial charge >= 0.3 is 0 Å². The average Bonchev–Trinajstić information content (AvgIpc) is 1.83. The fraction of sp³-hybridized carbons (Fsp3) is 0.750.